The van der Waals surface area contributed by atoms with Crippen molar-refractivity contribution in [2.75, 3.05) is 5.23 Å². The Morgan fingerprint density at radius 3 is 2.40 bits per heavy atom. The highest BCUT2D eigenvalue weighted by molar-refractivity contribution is 5.63. The average molecular weight is 212 g/mol. The lowest BCUT2D eigenvalue weighted by atomic mass is 10.2. The molecule has 0 unspecified atom stereocenters. The molecule has 0 saturated heterocycles. The molecule has 0 atom stereocenters. The number of hydrogen-bond donors (Lipinski definition) is 3. The standard InChI is InChI=1S/C8H9N2O5/c11-8-2-1-6(3-4-9(12)13)5-7(8)10(14)15/h1-5,11-14H/q-1/p-1. The van der Waals surface area contributed by atoms with E-state index in [-0.39, 0.29) is 5.23 Å². The van der Waals surface area contributed by atoms with E-state index in [1.807, 2.05) is 0 Å². The second kappa shape index (κ2) is 4.62. The van der Waals surface area contributed by atoms with E-state index in [9.17, 15) is 10.3 Å². The molecule has 7 heteroatoms. The second-order valence-electron chi connectivity index (χ2n) is 2.64. The first-order valence-corrected chi connectivity index (χ1v) is 3.83. The van der Waals surface area contributed by atoms with E-state index < -0.39 is 16.7 Å². The first-order chi connectivity index (χ1) is 7.00. The van der Waals surface area contributed by atoms with Gasteiger partial charge in [0.05, 0.1) is 6.20 Å². The maximum Gasteiger partial charge on any atom is 0.0588 e. The normalized spacial score (nSPS) is 10.7. The van der Waals surface area contributed by atoms with Gasteiger partial charge in [0.2, 0.25) is 0 Å². The monoisotopic (exact) mass is 212 g/mol. The molecule has 0 radical (unpaired) electrons. The summed E-state index contributed by atoms with van der Waals surface area (Å²) < 4.78 is 0. The lowest BCUT2D eigenvalue weighted by molar-refractivity contribution is -0.267. The van der Waals surface area contributed by atoms with Crippen LogP contribution >= 0.6 is 0 Å². The third-order valence-electron chi connectivity index (χ3n) is 1.59. The van der Waals surface area contributed by atoms with E-state index in [4.69, 9.17) is 15.6 Å². The number of hydroxylamine groups is 2. The van der Waals surface area contributed by atoms with Gasteiger partial charge in [0.15, 0.2) is 0 Å². The Balaban J connectivity index is 2.97. The largest absolute Gasteiger partial charge is 0.871 e. The zero-order valence-corrected chi connectivity index (χ0v) is 7.44. The average Bonchev–Trinajstić information content (AvgIpc) is 2.16. The molecule has 0 aliphatic carbocycles. The van der Waals surface area contributed by atoms with Gasteiger partial charge in [0.25, 0.3) is 0 Å². The summed E-state index contributed by atoms with van der Waals surface area (Å²) in [5.74, 6) is -0.630. The molecule has 0 bridgehead atoms. The van der Waals surface area contributed by atoms with E-state index in [1.165, 1.54) is 12.1 Å². The zero-order valence-electron chi connectivity index (χ0n) is 7.44. The van der Waals surface area contributed by atoms with Gasteiger partial charge in [0, 0.05) is 5.69 Å². The second-order valence-corrected chi connectivity index (χ2v) is 2.64. The Labute approximate surface area is 84.8 Å². The Kier molecular flexibility index (Phi) is 3.47. The molecule has 0 heterocycles. The van der Waals surface area contributed by atoms with Gasteiger partial charge in [-0.3, -0.25) is 15.6 Å². The van der Waals surface area contributed by atoms with E-state index in [1.54, 1.807) is 0 Å². The third kappa shape index (κ3) is 3.11. The van der Waals surface area contributed by atoms with Crippen molar-refractivity contribution in [1.82, 2.24) is 5.23 Å². The summed E-state index contributed by atoms with van der Waals surface area (Å²) >= 11 is 0. The minimum absolute atomic E-state index is 0.182. The van der Waals surface area contributed by atoms with Crippen molar-refractivity contribution in [2.24, 2.45) is 0 Å². The highest BCUT2D eigenvalue weighted by Crippen LogP contribution is 2.24. The van der Waals surface area contributed by atoms with Gasteiger partial charge in [-0.15, -0.1) is 5.23 Å². The van der Waals surface area contributed by atoms with E-state index in [0.29, 0.717) is 5.56 Å². The number of hydrogen-bond acceptors (Lipinski definition) is 7. The molecular formula is C8H8N2O5-2. The molecule has 1 aromatic rings. The molecule has 0 saturated carbocycles. The molecule has 7 nitrogen and oxygen atoms in total. The lowest BCUT2D eigenvalue weighted by Crippen LogP contribution is -2.10. The molecule has 3 N–H and O–H groups in total. The van der Waals surface area contributed by atoms with Crippen LogP contribution in [-0.4, -0.2) is 20.8 Å². The molecule has 0 aliphatic heterocycles. The molecule has 1 rings (SSSR count). The van der Waals surface area contributed by atoms with Crippen molar-refractivity contribution in [2.45, 2.75) is 0 Å². The van der Waals surface area contributed by atoms with E-state index in [0.717, 1.165) is 18.3 Å². The number of rotatable bonds is 3. The van der Waals surface area contributed by atoms with Crippen molar-refractivity contribution in [3.8, 4) is 5.75 Å². The molecule has 0 fully saturated rings. The van der Waals surface area contributed by atoms with Crippen LogP contribution in [0.1, 0.15) is 5.56 Å². The summed E-state index contributed by atoms with van der Waals surface area (Å²) in [5, 5.41) is 46.1. The van der Waals surface area contributed by atoms with E-state index in [2.05, 4.69) is 0 Å². The van der Waals surface area contributed by atoms with Gasteiger partial charge in [-0.25, -0.2) is 0 Å². The van der Waals surface area contributed by atoms with Gasteiger partial charge >= 0.3 is 0 Å². The minimum Gasteiger partial charge on any atom is -0.871 e. The highest BCUT2D eigenvalue weighted by atomic mass is 16.8. The molecule has 1 aromatic carbocycles. The van der Waals surface area contributed by atoms with Crippen LogP contribution in [0.2, 0.25) is 0 Å². The van der Waals surface area contributed by atoms with Gasteiger partial charge in [-0.1, -0.05) is 17.9 Å². The summed E-state index contributed by atoms with van der Waals surface area (Å²) in [5.41, 5.74) is -0.0906. The van der Waals surface area contributed by atoms with Crippen LogP contribution in [-0.2, 0) is 0 Å². The topological polar surface area (TPSA) is 113 Å². The fraction of sp³-hybridized carbons (Fsp3) is 0. The summed E-state index contributed by atoms with van der Waals surface area (Å²) in [6.07, 6.45) is 2.11. The number of nitrogens with zero attached hydrogens (tertiary/aromatic N) is 2. The van der Waals surface area contributed by atoms with Crippen molar-refractivity contribution in [1.29, 1.82) is 0 Å². The number of anilines is 1. The van der Waals surface area contributed by atoms with Crippen molar-refractivity contribution >= 4 is 11.8 Å². The minimum atomic E-state index is -0.630. The zero-order chi connectivity index (χ0) is 11.4. The maximum atomic E-state index is 11.0. The van der Waals surface area contributed by atoms with Crippen molar-refractivity contribution in [3.63, 3.8) is 0 Å². The van der Waals surface area contributed by atoms with Gasteiger partial charge in [-0.05, 0) is 17.7 Å². The predicted octanol–water partition coefficient (Wildman–Crippen LogP) is 0.505. The van der Waals surface area contributed by atoms with Crippen LogP contribution < -0.4 is 10.3 Å². The first kappa shape index (κ1) is 11.3. The molecule has 82 valence electrons. The molecular weight excluding hydrogens is 204 g/mol. The Morgan fingerprint density at radius 1 is 1.20 bits per heavy atom. The number of benzene rings is 1. The predicted molar refractivity (Wildman–Crippen MR) is 48.0 cm³/mol. The van der Waals surface area contributed by atoms with Crippen molar-refractivity contribution in [3.05, 3.63) is 35.2 Å². The summed E-state index contributed by atoms with van der Waals surface area (Å²) in [6.45, 7) is 0. The summed E-state index contributed by atoms with van der Waals surface area (Å²) in [6, 6.07) is 3.54. The maximum absolute atomic E-state index is 11.0. The van der Waals surface area contributed by atoms with Crippen LogP contribution in [0.25, 0.3) is 6.08 Å². The van der Waals surface area contributed by atoms with Crippen LogP contribution in [0.3, 0.4) is 0 Å². The van der Waals surface area contributed by atoms with Crippen LogP contribution in [0, 0.1) is 5.21 Å². The summed E-state index contributed by atoms with van der Waals surface area (Å²) in [7, 11) is 0. The molecule has 0 aromatic heterocycles. The fourth-order valence-electron chi connectivity index (χ4n) is 0.940. The third-order valence-corrected chi connectivity index (χ3v) is 1.59. The molecule has 0 spiro atoms. The molecule has 0 aliphatic rings. The lowest BCUT2D eigenvalue weighted by Gasteiger charge is -2.27. The molecule has 0 amide bonds. The highest BCUT2D eigenvalue weighted by Gasteiger charge is 1.96. The summed E-state index contributed by atoms with van der Waals surface area (Å²) in [4.78, 5) is 0. The fourth-order valence-corrected chi connectivity index (χ4v) is 0.940. The smallest absolute Gasteiger partial charge is 0.0588 e. The molecule has 15 heavy (non-hydrogen) atoms. The van der Waals surface area contributed by atoms with Crippen LogP contribution in [0.5, 0.6) is 5.75 Å². The van der Waals surface area contributed by atoms with Gasteiger partial charge in [-0.2, -0.15) is 0 Å². The van der Waals surface area contributed by atoms with Gasteiger partial charge < -0.3 is 15.5 Å². The Morgan fingerprint density at radius 2 is 1.87 bits per heavy atom. The van der Waals surface area contributed by atoms with Gasteiger partial charge in [0.1, 0.15) is 0 Å². The van der Waals surface area contributed by atoms with Crippen LogP contribution in [0.4, 0.5) is 5.69 Å². The quantitative estimate of drug-likeness (QED) is 0.625. The Bertz CT molecular complexity index is 364. The van der Waals surface area contributed by atoms with Crippen LogP contribution in [0.15, 0.2) is 24.4 Å². The Hall–Kier alpha value is -1.80. The van der Waals surface area contributed by atoms with Crippen molar-refractivity contribution < 1.29 is 20.7 Å². The van der Waals surface area contributed by atoms with E-state index >= 15 is 0 Å². The SMILES string of the molecule is [O-]c1ccc(C=CN(O)O)cc1N([O-])O. The first-order valence-electron chi connectivity index (χ1n) is 3.83.